The third-order valence-electron chi connectivity index (χ3n) is 4.65. The predicted molar refractivity (Wildman–Crippen MR) is 97.2 cm³/mol. The maximum absolute atomic E-state index is 12.0. The lowest BCUT2D eigenvalue weighted by molar-refractivity contribution is -0.125. The van der Waals surface area contributed by atoms with Crippen molar-refractivity contribution in [2.45, 2.75) is 26.7 Å². The second-order valence-corrected chi connectivity index (χ2v) is 6.55. The third kappa shape index (κ3) is 5.40. The van der Waals surface area contributed by atoms with Gasteiger partial charge in [0.05, 0.1) is 0 Å². The summed E-state index contributed by atoms with van der Waals surface area (Å²) in [5.41, 5.74) is 1.23. The molecule has 1 saturated heterocycles. The van der Waals surface area contributed by atoms with Crippen molar-refractivity contribution in [3.8, 4) is 0 Å². The van der Waals surface area contributed by atoms with E-state index in [0.717, 1.165) is 57.1 Å². The Bertz CT molecular complexity index is 480. The fourth-order valence-corrected chi connectivity index (χ4v) is 3.15. The zero-order chi connectivity index (χ0) is 16.7. The second-order valence-electron chi connectivity index (χ2n) is 6.11. The Balaban J connectivity index is 1.69. The predicted octanol–water partition coefficient (Wildman–Crippen LogP) is 3.01. The number of amides is 1. The molecule has 1 N–H and O–H groups in total. The van der Waals surface area contributed by atoms with Crippen molar-refractivity contribution in [2.24, 2.45) is 5.92 Å². The molecule has 0 unspecified atom stereocenters. The lowest BCUT2D eigenvalue weighted by Crippen LogP contribution is -2.48. The smallest absolute Gasteiger partial charge is 0.223 e. The van der Waals surface area contributed by atoms with Gasteiger partial charge in [-0.15, -0.1) is 0 Å². The summed E-state index contributed by atoms with van der Waals surface area (Å²) in [6, 6.07) is 8.04. The van der Waals surface area contributed by atoms with Gasteiger partial charge in [-0.2, -0.15) is 0 Å². The molecule has 1 heterocycles. The van der Waals surface area contributed by atoms with Crippen molar-refractivity contribution >= 4 is 23.2 Å². The van der Waals surface area contributed by atoms with E-state index in [4.69, 9.17) is 11.6 Å². The largest absolute Gasteiger partial charge is 0.369 e. The van der Waals surface area contributed by atoms with E-state index in [1.165, 1.54) is 5.69 Å². The van der Waals surface area contributed by atoms with Gasteiger partial charge >= 0.3 is 0 Å². The van der Waals surface area contributed by atoms with Crippen LogP contribution in [0.4, 0.5) is 5.69 Å². The van der Waals surface area contributed by atoms with Gasteiger partial charge in [0.2, 0.25) is 5.91 Å². The number of benzene rings is 1. The minimum absolute atomic E-state index is 0.164. The number of rotatable bonds is 7. The van der Waals surface area contributed by atoms with Gasteiger partial charge in [0, 0.05) is 55.9 Å². The Morgan fingerprint density at radius 3 is 2.30 bits per heavy atom. The van der Waals surface area contributed by atoms with Crippen LogP contribution in [0.3, 0.4) is 0 Å². The van der Waals surface area contributed by atoms with E-state index in [1.54, 1.807) is 0 Å². The number of piperazine rings is 1. The molecule has 128 valence electrons. The summed E-state index contributed by atoms with van der Waals surface area (Å²) in [5.74, 6) is 0.367. The summed E-state index contributed by atoms with van der Waals surface area (Å²) in [4.78, 5) is 16.8. The van der Waals surface area contributed by atoms with Crippen LogP contribution in [0, 0.1) is 5.92 Å². The van der Waals surface area contributed by atoms with Crippen molar-refractivity contribution in [3.63, 3.8) is 0 Å². The minimum Gasteiger partial charge on any atom is -0.369 e. The van der Waals surface area contributed by atoms with Crippen LogP contribution in [-0.4, -0.2) is 50.1 Å². The van der Waals surface area contributed by atoms with Gasteiger partial charge in [0.15, 0.2) is 0 Å². The molecule has 0 saturated carbocycles. The Kier molecular flexibility index (Phi) is 7.18. The number of hydrogen-bond donors (Lipinski definition) is 1. The lowest BCUT2D eigenvalue weighted by atomic mass is 10.0. The lowest BCUT2D eigenvalue weighted by Gasteiger charge is -2.36. The Morgan fingerprint density at radius 2 is 1.74 bits per heavy atom. The first-order valence-electron chi connectivity index (χ1n) is 8.64. The van der Waals surface area contributed by atoms with E-state index in [0.29, 0.717) is 0 Å². The molecule has 5 heteroatoms. The maximum Gasteiger partial charge on any atom is 0.223 e. The first kappa shape index (κ1) is 18.1. The molecular formula is C18H28ClN3O. The number of halogens is 1. The summed E-state index contributed by atoms with van der Waals surface area (Å²) < 4.78 is 0. The highest BCUT2D eigenvalue weighted by molar-refractivity contribution is 6.30. The molecule has 0 aromatic heterocycles. The number of carbonyl (C=O) groups is 1. The fourth-order valence-electron chi connectivity index (χ4n) is 3.02. The first-order chi connectivity index (χ1) is 11.1. The molecule has 1 aromatic rings. The monoisotopic (exact) mass is 337 g/mol. The van der Waals surface area contributed by atoms with Crippen LogP contribution in [0.15, 0.2) is 24.3 Å². The molecule has 1 aromatic carbocycles. The number of hydrogen-bond acceptors (Lipinski definition) is 3. The highest BCUT2D eigenvalue weighted by Gasteiger charge is 2.18. The molecule has 23 heavy (non-hydrogen) atoms. The van der Waals surface area contributed by atoms with Crippen LogP contribution in [0.1, 0.15) is 26.7 Å². The number of nitrogens with one attached hydrogen (secondary N) is 1. The molecule has 4 nitrogen and oxygen atoms in total. The Labute approximate surface area is 144 Å². The van der Waals surface area contributed by atoms with Crippen molar-refractivity contribution in [1.82, 2.24) is 10.2 Å². The summed E-state index contributed by atoms with van der Waals surface area (Å²) in [6.07, 6.45) is 1.84. The average molecular weight is 338 g/mol. The maximum atomic E-state index is 12.0. The van der Waals surface area contributed by atoms with E-state index in [-0.39, 0.29) is 11.8 Å². The zero-order valence-corrected chi connectivity index (χ0v) is 15.0. The summed E-state index contributed by atoms with van der Waals surface area (Å²) in [7, 11) is 0. The molecule has 1 fully saturated rings. The van der Waals surface area contributed by atoms with Crippen molar-refractivity contribution < 1.29 is 4.79 Å². The topological polar surface area (TPSA) is 35.6 Å². The molecule has 0 spiro atoms. The van der Waals surface area contributed by atoms with Crippen LogP contribution >= 0.6 is 11.6 Å². The second kappa shape index (κ2) is 9.14. The first-order valence-corrected chi connectivity index (χ1v) is 9.02. The average Bonchev–Trinajstić information content (AvgIpc) is 2.57. The summed E-state index contributed by atoms with van der Waals surface area (Å²) in [5, 5.41) is 3.85. The van der Waals surface area contributed by atoms with Gasteiger partial charge in [-0.25, -0.2) is 0 Å². The van der Waals surface area contributed by atoms with Gasteiger partial charge in [0.25, 0.3) is 0 Å². The van der Waals surface area contributed by atoms with E-state index in [2.05, 4.69) is 41.1 Å². The van der Waals surface area contributed by atoms with Crippen molar-refractivity contribution in [2.75, 3.05) is 44.2 Å². The third-order valence-corrected chi connectivity index (χ3v) is 4.90. The Hall–Kier alpha value is -1.26. The highest BCUT2D eigenvalue weighted by atomic mass is 35.5. The van der Waals surface area contributed by atoms with E-state index in [9.17, 15) is 4.79 Å². The van der Waals surface area contributed by atoms with Crippen LogP contribution in [-0.2, 0) is 4.79 Å². The van der Waals surface area contributed by atoms with E-state index >= 15 is 0 Å². The van der Waals surface area contributed by atoms with Crippen molar-refractivity contribution in [3.05, 3.63) is 29.3 Å². The molecule has 0 aliphatic carbocycles. The molecule has 1 aliphatic heterocycles. The van der Waals surface area contributed by atoms with Crippen LogP contribution in [0.2, 0.25) is 5.02 Å². The van der Waals surface area contributed by atoms with Crippen LogP contribution in [0.25, 0.3) is 0 Å². The summed E-state index contributed by atoms with van der Waals surface area (Å²) in [6.45, 7) is 9.92. The molecule has 0 radical (unpaired) electrons. The van der Waals surface area contributed by atoms with Crippen LogP contribution in [0.5, 0.6) is 0 Å². The highest BCUT2D eigenvalue weighted by Crippen LogP contribution is 2.19. The quantitative estimate of drug-likeness (QED) is 0.830. The normalized spacial score (nSPS) is 15.9. The number of anilines is 1. The molecule has 2 rings (SSSR count). The van der Waals surface area contributed by atoms with E-state index < -0.39 is 0 Å². The zero-order valence-electron chi connectivity index (χ0n) is 14.2. The standard InChI is InChI=1S/C18H28ClN3O/c1-3-15(4-2)18(23)20-9-10-21-11-13-22(14-12-21)17-7-5-16(19)6-8-17/h5-8,15H,3-4,9-14H2,1-2H3,(H,20,23). The van der Waals surface area contributed by atoms with E-state index in [1.807, 2.05) is 12.1 Å². The SMILES string of the molecule is CCC(CC)C(=O)NCCN1CCN(c2ccc(Cl)cc2)CC1. The summed E-state index contributed by atoms with van der Waals surface area (Å²) >= 11 is 5.94. The number of carbonyl (C=O) groups excluding carboxylic acids is 1. The molecular weight excluding hydrogens is 310 g/mol. The van der Waals surface area contributed by atoms with Crippen LogP contribution < -0.4 is 10.2 Å². The van der Waals surface area contributed by atoms with Gasteiger partial charge < -0.3 is 10.2 Å². The van der Waals surface area contributed by atoms with Gasteiger partial charge in [0.1, 0.15) is 0 Å². The molecule has 1 aliphatic rings. The van der Waals surface area contributed by atoms with Gasteiger partial charge in [-0.1, -0.05) is 25.4 Å². The molecule has 0 bridgehead atoms. The molecule has 1 amide bonds. The van der Waals surface area contributed by atoms with Crippen molar-refractivity contribution in [1.29, 1.82) is 0 Å². The minimum atomic E-state index is 0.164. The van der Waals surface area contributed by atoms with Gasteiger partial charge in [-0.3, -0.25) is 9.69 Å². The Morgan fingerprint density at radius 1 is 1.13 bits per heavy atom. The number of nitrogens with zero attached hydrogens (tertiary/aromatic N) is 2. The fraction of sp³-hybridized carbons (Fsp3) is 0.611. The van der Waals surface area contributed by atoms with Gasteiger partial charge in [-0.05, 0) is 37.1 Å². The molecule has 0 atom stereocenters.